The van der Waals surface area contributed by atoms with Gasteiger partial charge in [0.15, 0.2) is 6.29 Å². The van der Waals surface area contributed by atoms with Gasteiger partial charge in [0.05, 0.1) is 12.6 Å². The van der Waals surface area contributed by atoms with Gasteiger partial charge in [-0.1, -0.05) is 32.9 Å². The fraction of sp³-hybridized carbons (Fsp3) is 0.579. The first-order valence-electron chi connectivity index (χ1n) is 8.90. The molecule has 1 aliphatic rings. The zero-order chi connectivity index (χ0) is 18.4. The summed E-state index contributed by atoms with van der Waals surface area (Å²) in [7, 11) is 0. The van der Waals surface area contributed by atoms with E-state index in [1.165, 1.54) is 0 Å². The summed E-state index contributed by atoms with van der Waals surface area (Å²) >= 11 is 0. The molecule has 1 aromatic carbocycles. The molecule has 2 amide bonds. The number of rotatable bonds is 7. The van der Waals surface area contributed by atoms with Crippen LogP contribution >= 0.6 is 0 Å². The Balaban J connectivity index is 2.02. The average Bonchev–Trinajstić information content (AvgIpc) is 2.98. The zero-order valence-corrected chi connectivity index (χ0v) is 15.1. The lowest BCUT2D eigenvalue weighted by atomic mass is 10.0. The van der Waals surface area contributed by atoms with Crippen molar-refractivity contribution in [1.82, 2.24) is 10.6 Å². The Kier molecular flexibility index (Phi) is 6.96. The lowest BCUT2D eigenvalue weighted by Crippen LogP contribution is -2.51. The van der Waals surface area contributed by atoms with Gasteiger partial charge in [-0.15, -0.1) is 0 Å². The molecule has 6 heteroatoms. The van der Waals surface area contributed by atoms with Crippen molar-refractivity contribution in [2.75, 3.05) is 6.61 Å². The number of carbonyl (C=O) groups excluding carboxylic acids is 2. The van der Waals surface area contributed by atoms with E-state index < -0.39 is 18.4 Å². The molecular weight excluding hydrogens is 320 g/mol. The topological polar surface area (TPSA) is 87.7 Å². The van der Waals surface area contributed by atoms with E-state index in [9.17, 15) is 14.7 Å². The molecule has 2 unspecified atom stereocenters. The van der Waals surface area contributed by atoms with Gasteiger partial charge in [-0.3, -0.25) is 9.59 Å². The highest BCUT2D eigenvalue weighted by Crippen LogP contribution is 2.13. The van der Waals surface area contributed by atoms with Crippen LogP contribution in [0.25, 0.3) is 0 Å². The molecule has 3 N–H and O–H groups in total. The molecular formula is C19H28N2O4. The Morgan fingerprint density at radius 3 is 2.48 bits per heavy atom. The maximum atomic E-state index is 12.6. The quantitative estimate of drug-likeness (QED) is 0.699. The Morgan fingerprint density at radius 2 is 1.96 bits per heavy atom. The third-order valence-corrected chi connectivity index (χ3v) is 4.34. The SMILES string of the molecule is CCc1ccc(C(=O)NC(CC(C)C)C(=O)N[C@H]2CCOC2O)cc1. The summed E-state index contributed by atoms with van der Waals surface area (Å²) in [5.74, 6) is -0.322. The first-order valence-corrected chi connectivity index (χ1v) is 8.90. The first kappa shape index (κ1) is 19.4. The van der Waals surface area contributed by atoms with Gasteiger partial charge in [0, 0.05) is 5.56 Å². The first-order chi connectivity index (χ1) is 11.9. The lowest BCUT2D eigenvalue weighted by molar-refractivity contribution is -0.127. The molecule has 1 saturated heterocycles. The van der Waals surface area contributed by atoms with Crippen LogP contribution in [0.15, 0.2) is 24.3 Å². The monoisotopic (exact) mass is 348 g/mol. The summed E-state index contributed by atoms with van der Waals surface area (Å²) in [6, 6.07) is 6.30. The van der Waals surface area contributed by atoms with Crippen molar-refractivity contribution in [1.29, 1.82) is 0 Å². The molecule has 0 saturated carbocycles. The number of hydrogen-bond acceptors (Lipinski definition) is 4. The maximum Gasteiger partial charge on any atom is 0.251 e. The van der Waals surface area contributed by atoms with Gasteiger partial charge in [-0.2, -0.15) is 0 Å². The second-order valence-corrected chi connectivity index (χ2v) is 6.87. The number of benzene rings is 1. The molecule has 0 aromatic heterocycles. The third-order valence-electron chi connectivity index (χ3n) is 4.34. The highest BCUT2D eigenvalue weighted by atomic mass is 16.6. The van der Waals surface area contributed by atoms with Gasteiger partial charge in [0.25, 0.3) is 5.91 Å². The van der Waals surface area contributed by atoms with E-state index in [0.29, 0.717) is 25.0 Å². The van der Waals surface area contributed by atoms with E-state index >= 15 is 0 Å². The van der Waals surface area contributed by atoms with E-state index in [2.05, 4.69) is 17.6 Å². The molecule has 3 atom stereocenters. The van der Waals surface area contributed by atoms with Crippen LogP contribution in [0.4, 0.5) is 0 Å². The van der Waals surface area contributed by atoms with Crippen LogP contribution in [-0.4, -0.2) is 41.9 Å². The van der Waals surface area contributed by atoms with Gasteiger partial charge in [-0.05, 0) is 42.9 Å². The Morgan fingerprint density at radius 1 is 1.28 bits per heavy atom. The van der Waals surface area contributed by atoms with E-state index in [1.807, 2.05) is 26.0 Å². The third kappa shape index (κ3) is 5.54. The van der Waals surface area contributed by atoms with Crippen LogP contribution in [-0.2, 0) is 16.0 Å². The largest absolute Gasteiger partial charge is 0.366 e. The fourth-order valence-corrected chi connectivity index (χ4v) is 2.84. The zero-order valence-electron chi connectivity index (χ0n) is 15.1. The summed E-state index contributed by atoms with van der Waals surface area (Å²) in [5.41, 5.74) is 1.69. The van der Waals surface area contributed by atoms with Crippen LogP contribution in [0.1, 0.15) is 49.5 Å². The standard InChI is InChI=1S/C19H28N2O4/c1-4-13-5-7-14(8-6-13)17(22)21-16(11-12(2)3)18(23)20-15-9-10-25-19(15)24/h5-8,12,15-16,19,24H,4,9-11H2,1-3H3,(H,20,23)(H,21,22)/t15-,16?,19?/m0/s1. The number of aliphatic hydroxyl groups excluding tert-OH is 1. The number of hydrogen-bond donors (Lipinski definition) is 3. The second kappa shape index (κ2) is 8.97. The Bertz CT molecular complexity index is 586. The maximum absolute atomic E-state index is 12.6. The smallest absolute Gasteiger partial charge is 0.251 e. The normalized spacial score (nSPS) is 21.2. The molecule has 0 radical (unpaired) electrons. The van der Waals surface area contributed by atoms with Crippen LogP contribution < -0.4 is 10.6 Å². The minimum Gasteiger partial charge on any atom is -0.366 e. The molecule has 0 bridgehead atoms. The summed E-state index contributed by atoms with van der Waals surface area (Å²) in [4.78, 5) is 25.0. The number of ether oxygens (including phenoxy) is 1. The van der Waals surface area contributed by atoms with Gasteiger partial charge >= 0.3 is 0 Å². The van der Waals surface area contributed by atoms with Crippen LogP contribution in [0.3, 0.4) is 0 Å². The number of amides is 2. The second-order valence-electron chi connectivity index (χ2n) is 6.87. The van der Waals surface area contributed by atoms with Gasteiger partial charge in [0.1, 0.15) is 6.04 Å². The van der Waals surface area contributed by atoms with Crippen molar-refractivity contribution in [3.8, 4) is 0 Å². The average molecular weight is 348 g/mol. The van der Waals surface area contributed by atoms with Crippen molar-refractivity contribution < 1.29 is 19.4 Å². The van der Waals surface area contributed by atoms with Crippen LogP contribution in [0, 0.1) is 5.92 Å². The van der Waals surface area contributed by atoms with E-state index in [-0.39, 0.29) is 17.7 Å². The van der Waals surface area contributed by atoms with Gasteiger partial charge < -0.3 is 20.5 Å². The van der Waals surface area contributed by atoms with Crippen molar-refractivity contribution in [2.45, 2.75) is 58.4 Å². The van der Waals surface area contributed by atoms with Crippen molar-refractivity contribution >= 4 is 11.8 Å². The van der Waals surface area contributed by atoms with Crippen LogP contribution in [0.5, 0.6) is 0 Å². The molecule has 1 aromatic rings. The van der Waals surface area contributed by atoms with Gasteiger partial charge in [0.2, 0.25) is 5.91 Å². The highest BCUT2D eigenvalue weighted by Gasteiger charge is 2.31. The summed E-state index contributed by atoms with van der Waals surface area (Å²) < 4.78 is 5.05. The minimum atomic E-state index is -0.985. The van der Waals surface area contributed by atoms with Crippen molar-refractivity contribution in [2.24, 2.45) is 5.92 Å². The Labute approximate surface area is 149 Å². The molecule has 1 fully saturated rings. The molecule has 6 nitrogen and oxygen atoms in total. The number of aryl methyl sites for hydroxylation is 1. The Hall–Kier alpha value is -1.92. The summed E-state index contributed by atoms with van der Waals surface area (Å²) in [5, 5.41) is 15.3. The predicted molar refractivity (Wildman–Crippen MR) is 95.0 cm³/mol. The van der Waals surface area contributed by atoms with E-state index in [0.717, 1.165) is 12.0 Å². The number of nitrogens with one attached hydrogen (secondary N) is 2. The number of aliphatic hydroxyl groups is 1. The van der Waals surface area contributed by atoms with E-state index in [1.54, 1.807) is 12.1 Å². The predicted octanol–water partition coefficient (Wildman–Crippen LogP) is 1.62. The minimum absolute atomic E-state index is 0.239. The fourth-order valence-electron chi connectivity index (χ4n) is 2.84. The number of carbonyl (C=O) groups is 2. The summed E-state index contributed by atoms with van der Waals surface area (Å²) in [6.07, 6.45) is 1.01. The lowest BCUT2D eigenvalue weighted by Gasteiger charge is -2.23. The van der Waals surface area contributed by atoms with Gasteiger partial charge in [-0.25, -0.2) is 0 Å². The molecule has 25 heavy (non-hydrogen) atoms. The van der Waals surface area contributed by atoms with Crippen LogP contribution in [0.2, 0.25) is 0 Å². The molecule has 138 valence electrons. The molecule has 2 rings (SSSR count). The molecule has 0 aliphatic carbocycles. The van der Waals surface area contributed by atoms with E-state index in [4.69, 9.17) is 4.74 Å². The molecule has 1 aliphatic heterocycles. The van der Waals surface area contributed by atoms with Crippen molar-refractivity contribution in [3.63, 3.8) is 0 Å². The van der Waals surface area contributed by atoms with Crippen molar-refractivity contribution in [3.05, 3.63) is 35.4 Å². The molecule has 0 spiro atoms. The molecule has 1 heterocycles. The highest BCUT2D eigenvalue weighted by molar-refractivity contribution is 5.97. The summed E-state index contributed by atoms with van der Waals surface area (Å²) in [6.45, 7) is 6.46.